The van der Waals surface area contributed by atoms with E-state index in [0.717, 1.165) is 19.3 Å². The number of carbonyl (C=O) groups excluding carboxylic acids is 1. The van der Waals surface area contributed by atoms with Gasteiger partial charge in [0.25, 0.3) is 0 Å². The zero-order valence-corrected chi connectivity index (χ0v) is 15.1. The van der Waals surface area contributed by atoms with Gasteiger partial charge in [0, 0.05) is 27.4 Å². The van der Waals surface area contributed by atoms with Gasteiger partial charge in [-0.15, -0.1) is 0 Å². The van der Waals surface area contributed by atoms with Crippen LogP contribution in [0.15, 0.2) is 12.2 Å². The Hall–Kier alpha value is -1.20. The third kappa shape index (κ3) is 8.63. The summed E-state index contributed by atoms with van der Waals surface area (Å²) in [5, 5.41) is 28.9. The number of Topliss-reactive ketones (excluding diaryl/α,β-unsaturated/α-hetero) is 1. The Morgan fingerprint density at radius 2 is 2.08 bits per heavy atom. The Kier molecular flexibility index (Phi) is 9.07. The maximum Gasteiger partial charge on any atom is 0.303 e. The molecule has 5 heteroatoms. The predicted octanol–water partition coefficient (Wildman–Crippen LogP) is 3.48. The van der Waals surface area contributed by atoms with E-state index in [1.165, 1.54) is 0 Å². The number of rotatable bonds is 13. The minimum absolute atomic E-state index is 0.0234. The number of aliphatic carboxylic acids is 1. The van der Waals surface area contributed by atoms with Gasteiger partial charge in [-0.05, 0) is 19.3 Å². The molecule has 1 aliphatic rings. The first kappa shape index (κ1) is 18.6. The molecule has 0 aromatic rings. The van der Waals surface area contributed by atoms with Gasteiger partial charge < -0.3 is 15.3 Å². The summed E-state index contributed by atoms with van der Waals surface area (Å²) < 4.78 is 16.2. The fraction of sp³-hybridized carbons (Fsp3) is 0.800. The van der Waals surface area contributed by atoms with Crippen molar-refractivity contribution in [3.8, 4) is 0 Å². The lowest BCUT2D eigenvalue weighted by Gasteiger charge is -2.18. The second-order valence-electron chi connectivity index (χ2n) is 6.86. The Labute approximate surface area is 153 Å². The second-order valence-corrected chi connectivity index (χ2v) is 6.86. The number of unbranched alkanes of at least 4 members (excludes halogenated alkanes) is 2. The van der Waals surface area contributed by atoms with E-state index in [0.29, 0.717) is 19.3 Å². The number of ketones is 1. The van der Waals surface area contributed by atoms with Crippen LogP contribution in [0.4, 0.5) is 0 Å². The molecule has 0 aliphatic heterocycles. The topological polar surface area (TPSA) is 94.8 Å². The predicted molar refractivity (Wildman–Crippen MR) is 97.2 cm³/mol. The van der Waals surface area contributed by atoms with Crippen molar-refractivity contribution < 1.29 is 27.7 Å². The Bertz CT molecular complexity index is 497. The molecule has 0 aromatic heterocycles. The van der Waals surface area contributed by atoms with Gasteiger partial charge >= 0.3 is 5.97 Å². The standard InChI is InChI=1S/C20H34O5/c1-2-3-6-9-15(21)12-13-17-16(18(22)14-19(17)23)10-7-4-5-8-11-20(24)25/h12-13,15-17,19,21,23H,2-11,14H2,1H3,(H,24,25)/b13-12+/t15-,16+,17+,19+/m0/s1/i4T,7T/t4?,7?,15-,16+,17+,19+. The molecule has 1 fully saturated rings. The third-order valence-corrected chi connectivity index (χ3v) is 4.71. The average Bonchev–Trinajstić information content (AvgIpc) is 2.86. The summed E-state index contributed by atoms with van der Waals surface area (Å²) in [5.41, 5.74) is 0. The number of hydrogen-bond acceptors (Lipinski definition) is 4. The zero-order valence-electron chi connectivity index (χ0n) is 17.1. The molecule has 144 valence electrons. The minimum atomic E-state index is -0.916. The summed E-state index contributed by atoms with van der Waals surface area (Å²) in [6, 6.07) is 0. The summed E-state index contributed by atoms with van der Waals surface area (Å²) >= 11 is 0. The molecule has 0 spiro atoms. The smallest absolute Gasteiger partial charge is 0.303 e. The molecule has 1 aliphatic carbocycles. The fourth-order valence-electron chi connectivity index (χ4n) is 3.22. The van der Waals surface area contributed by atoms with Gasteiger partial charge in [0.2, 0.25) is 0 Å². The van der Waals surface area contributed by atoms with Crippen molar-refractivity contribution in [2.75, 3.05) is 0 Å². The Morgan fingerprint density at radius 3 is 2.76 bits per heavy atom. The van der Waals surface area contributed by atoms with Crippen molar-refractivity contribution >= 4 is 11.8 Å². The molecule has 1 saturated carbocycles. The van der Waals surface area contributed by atoms with Crippen molar-refractivity contribution in [1.29, 1.82) is 0 Å². The SMILES string of the molecule is [3H]C(CCCC(=O)O)C([3H])C[C@H]1C(=O)C[C@@H](O)[C@@H]1/C=C/[C@@H](O)CCCCC. The molecule has 2 unspecified atom stereocenters. The molecular weight excluding hydrogens is 320 g/mol. The highest BCUT2D eigenvalue weighted by molar-refractivity contribution is 5.84. The zero-order chi connectivity index (χ0) is 20.4. The van der Waals surface area contributed by atoms with Crippen molar-refractivity contribution in [2.45, 2.75) is 89.7 Å². The normalized spacial score (nSPS) is 28.6. The number of hydrogen-bond donors (Lipinski definition) is 3. The first-order valence-corrected chi connectivity index (χ1v) is 9.39. The van der Waals surface area contributed by atoms with Crippen LogP contribution in [0.25, 0.3) is 0 Å². The van der Waals surface area contributed by atoms with Gasteiger partial charge in [-0.1, -0.05) is 57.6 Å². The summed E-state index contributed by atoms with van der Waals surface area (Å²) in [5.74, 6) is -1.97. The molecule has 25 heavy (non-hydrogen) atoms. The van der Waals surface area contributed by atoms with Crippen LogP contribution in [-0.4, -0.2) is 39.3 Å². The number of carboxylic acids is 1. The van der Waals surface area contributed by atoms with Crippen molar-refractivity contribution in [3.63, 3.8) is 0 Å². The van der Waals surface area contributed by atoms with Crippen LogP contribution in [0.3, 0.4) is 0 Å². The van der Waals surface area contributed by atoms with Gasteiger partial charge in [-0.2, -0.15) is 0 Å². The first-order valence-electron chi connectivity index (χ1n) is 10.5. The maximum atomic E-state index is 12.2. The highest BCUT2D eigenvalue weighted by atomic mass is 16.4. The summed E-state index contributed by atoms with van der Waals surface area (Å²) in [6.45, 7) is 2.09. The van der Waals surface area contributed by atoms with Crippen molar-refractivity contribution in [1.82, 2.24) is 0 Å². The summed E-state index contributed by atoms with van der Waals surface area (Å²) in [6.07, 6.45) is 4.89. The fourth-order valence-corrected chi connectivity index (χ4v) is 3.22. The van der Waals surface area contributed by atoms with Gasteiger partial charge in [-0.3, -0.25) is 9.59 Å². The van der Waals surface area contributed by atoms with Crippen LogP contribution in [0.2, 0.25) is 0 Å². The molecule has 0 saturated heterocycles. The molecule has 6 atom stereocenters. The van der Waals surface area contributed by atoms with Crippen molar-refractivity contribution in [3.05, 3.63) is 12.2 Å². The van der Waals surface area contributed by atoms with Gasteiger partial charge in [-0.25, -0.2) is 0 Å². The van der Waals surface area contributed by atoms with Crippen molar-refractivity contribution in [2.24, 2.45) is 11.8 Å². The Balaban J connectivity index is 2.59. The number of carbonyl (C=O) groups is 2. The second kappa shape index (κ2) is 12.2. The monoisotopic (exact) mass is 358 g/mol. The molecule has 5 nitrogen and oxygen atoms in total. The van der Waals surface area contributed by atoms with E-state index < -0.39 is 42.8 Å². The lowest BCUT2D eigenvalue weighted by atomic mass is 9.88. The summed E-state index contributed by atoms with van der Waals surface area (Å²) in [7, 11) is 0. The van der Waals surface area contributed by atoms with Crippen LogP contribution in [0, 0.1) is 11.8 Å². The van der Waals surface area contributed by atoms with Crippen LogP contribution < -0.4 is 0 Å². The first-order chi connectivity index (χ1) is 12.8. The van der Waals surface area contributed by atoms with E-state index in [4.69, 9.17) is 7.85 Å². The molecule has 0 aromatic carbocycles. The van der Waals surface area contributed by atoms with Crippen LogP contribution >= 0.6 is 0 Å². The average molecular weight is 359 g/mol. The molecule has 3 N–H and O–H groups in total. The van der Waals surface area contributed by atoms with E-state index in [1.807, 2.05) is 0 Å². The van der Waals surface area contributed by atoms with E-state index in [2.05, 4.69) is 6.92 Å². The van der Waals surface area contributed by atoms with Gasteiger partial charge in [0.05, 0.1) is 12.2 Å². The summed E-state index contributed by atoms with van der Waals surface area (Å²) in [4.78, 5) is 22.8. The molecule has 0 bridgehead atoms. The largest absolute Gasteiger partial charge is 0.481 e. The van der Waals surface area contributed by atoms with E-state index in [-0.39, 0.29) is 25.0 Å². The molecular formula is C20H34O5. The van der Waals surface area contributed by atoms with Crippen LogP contribution in [0.1, 0.15) is 80.2 Å². The molecule has 0 heterocycles. The lowest BCUT2D eigenvalue weighted by Crippen LogP contribution is -2.19. The van der Waals surface area contributed by atoms with E-state index in [1.54, 1.807) is 12.2 Å². The Morgan fingerprint density at radius 1 is 1.32 bits per heavy atom. The molecule has 0 radical (unpaired) electrons. The number of carboxylic acid groups (broad SMARTS) is 1. The highest BCUT2D eigenvalue weighted by Gasteiger charge is 2.39. The van der Waals surface area contributed by atoms with Gasteiger partial charge in [0.15, 0.2) is 0 Å². The van der Waals surface area contributed by atoms with E-state index in [9.17, 15) is 19.8 Å². The van der Waals surface area contributed by atoms with E-state index >= 15 is 0 Å². The van der Waals surface area contributed by atoms with Crippen LogP contribution in [0.5, 0.6) is 0 Å². The lowest BCUT2D eigenvalue weighted by molar-refractivity contribution is -0.137. The molecule has 0 amide bonds. The van der Waals surface area contributed by atoms with Gasteiger partial charge in [0.1, 0.15) is 5.78 Å². The number of aliphatic hydroxyl groups excluding tert-OH is 2. The number of aliphatic hydroxyl groups is 2. The maximum absolute atomic E-state index is 12.2. The minimum Gasteiger partial charge on any atom is -0.481 e. The van der Waals surface area contributed by atoms with Crippen LogP contribution in [-0.2, 0) is 9.59 Å². The third-order valence-electron chi connectivity index (χ3n) is 4.71. The highest BCUT2D eigenvalue weighted by Crippen LogP contribution is 2.34. The quantitative estimate of drug-likeness (QED) is 0.346. The molecule has 1 rings (SSSR count).